The second-order valence-corrected chi connectivity index (χ2v) is 8.90. The van der Waals surface area contributed by atoms with E-state index in [1.807, 2.05) is 4.90 Å². The van der Waals surface area contributed by atoms with Crippen molar-refractivity contribution in [2.45, 2.75) is 44.3 Å². The van der Waals surface area contributed by atoms with Crippen molar-refractivity contribution in [2.75, 3.05) is 44.2 Å². The minimum absolute atomic E-state index is 0.0922. The molecule has 37 heavy (non-hydrogen) atoms. The van der Waals surface area contributed by atoms with Crippen molar-refractivity contribution in [3.8, 4) is 0 Å². The number of carbonyl (C=O) groups excluding carboxylic acids is 1. The number of alkyl halides is 8. The quantitative estimate of drug-likeness (QED) is 0.522. The number of rotatable bonds is 6. The molecule has 1 aromatic carbocycles. The Bertz CT molecular complexity index is 942. The molecule has 3 rings (SSSR count). The lowest BCUT2D eigenvalue weighted by Crippen LogP contribution is -2.52. The van der Waals surface area contributed by atoms with Crippen LogP contribution in [0.5, 0.6) is 0 Å². The maximum atomic E-state index is 13.3. The third-order valence-electron chi connectivity index (χ3n) is 6.38. The van der Waals surface area contributed by atoms with Gasteiger partial charge in [-0.25, -0.2) is 13.6 Å². The van der Waals surface area contributed by atoms with Gasteiger partial charge in [0, 0.05) is 57.1 Å². The Hall–Kier alpha value is -2.84. The molecular formula is C22H25F8N3O4. The first-order valence-corrected chi connectivity index (χ1v) is 11.4. The molecule has 0 saturated carbocycles. The first-order chi connectivity index (χ1) is 17.2. The molecule has 1 N–H and O–H groups in total. The van der Waals surface area contributed by atoms with Crippen molar-refractivity contribution < 1.29 is 54.6 Å². The Labute approximate surface area is 206 Å². The van der Waals surface area contributed by atoms with Crippen LogP contribution in [0.25, 0.3) is 0 Å². The number of anilines is 1. The maximum Gasteiger partial charge on any atom is 0.434 e. The predicted octanol–water partition coefficient (Wildman–Crippen LogP) is 4.67. The zero-order chi connectivity index (χ0) is 27.5. The molecule has 2 heterocycles. The number of nitrogens with zero attached hydrogens (tertiary/aromatic N) is 3. The van der Waals surface area contributed by atoms with Crippen molar-refractivity contribution in [1.29, 1.82) is 0 Å². The average Bonchev–Trinajstić information content (AvgIpc) is 2.81. The highest BCUT2D eigenvalue weighted by Gasteiger charge is 2.60. The van der Waals surface area contributed by atoms with Crippen LogP contribution in [-0.2, 0) is 16.1 Å². The number of hydrogen-bond acceptors (Lipinski definition) is 5. The van der Waals surface area contributed by atoms with Gasteiger partial charge in [0.2, 0.25) is 0 Å². The molecule has 2 aliphatic heterocycles. The fraction of sp³-hybridized carbons (Fsp3) is 0.636. The van der Waals surface area contributed by atoms with Crippen LogP contribution in [0.1, 0.15) is 30.4 Å². The van der Waals surface area contributed by atoms with Gasteiger partial charge in [0.25, 0.3) is 12.5 Å². The van der Waals surface area contributed by atoms with Crippen LogP contribution < -0.4 is 4.90 Å². The van der Waals surface area contributed by atoms with Gasteiger partial charge < -0.3 is 19.6 Å². The second kappa shape index (κ2) is 11.3. The maximum absolute atomic E-state index is 13.3. The number of benzene rings is 1. The number of hydrogen-bond donors (Lipinski definition) is 1. The third kappa shape index (κ3) is 7.36. The Balaban J connectivity index is 1.65. The lowest BCUT2D eigenvalue weighted by atomic mass is 9.95. The second-order valence-electron chi connectivity index (χ2n) is 8.90. The summed E-state index contributed by atoms with van der Waals surface area (Å²) in [6, 6.07) is 4.11. The Morgan fingerprint density at radius 1 is 0.946 bits per heavy atom. The molecule has 0 bridgehead atoms. The summed E-state index contributed by atoms with van der Waals surface area (Å²) in [7, 11) is 0. The predicted molar refractivity (Wildman–Crippen MR) is 113 cm³/mol. The van der Waals surface area contributed by atoms with E-state index in [1.165, 1.54) is 18.2 Å². The van der Waals surface area contributed by atoms with Crippen LogP contribution in [0.2, 0.25) is 0 Å². The molecule has 1 amide bonds. The van der Waals surface area contributed by atoms with Gasteiger partial charge in [-0.1, -0.05) is 12.1 Å². The van der Waals surface area contributed by atoms with E-state index in [0.717, 1.165) is 4.90 Å². The monoisotopic (exact) mass is 547 g/mol. The molecular weight excluding hydrogens is 522 g/mol. The summed E-state index contributed by atoms with van der Waals surface area (Å²) in [6.45, 7) is 0.690. The highest BCUT2D eigenvalue weighted by atomic mass is 19.4. The van der Waals surface area contributed by atoms with E-state index in [0.29, 0.717) is 37.2 Å². The van der Waals surface area contributed by atoms with Crippen LogP contribution in [-0.4, -0.2) is 84.7 Å². The Morgan fingerprint density at radius 3 is 2.00 bits per heavy atom. The summed E-state index contributed by atoms with van der Waals surface area (Å²) < 4.78 is 106. The van der Waals surface area contributed by atoms with Crippen molar-refractivity contribution in [3.05, 3.63) is 29.3 Å². The van der Waals surface area contributed by atoms with Crippen LogP contribution in [0.15, 0.2) is 18.2 Å². The lowest BCUT2D eigenvalue weighted by molar-refractivity contribution is -0.308. The molecule has 0 atom stereocenters. The normalized spacial score (nSPS) is 18.5. The van der Waals surface area contributed by atoms with E-state index in [2.05, 4.69) is 4.74 Å². The molecule has 0 unspecified atom stereocenters. The number of carboxylic acids is 1. The van der Waals surface area contributed by atoms with E-state index >= 15 is 0 Å². The minimum atomic E-state index is -5.81. The number of piperidine rings is 1. The molecule has 15 heteroatoms. The number of amides is 1. The fourth-order valence-corrected chi connectivity index (χ4v) is 4.34. The number of halogens is 8. The van der Waals surface area contributed by atoms with Gasteiger partial charge in [0.15, 0.2) is 0 Å². The van der Waals surface area contributed by atoms with E-state index in [9.17, 15) is 49.8 Å². The number of carbonyl (C=O) groups is 2. The molecule has 2 aliphatic rings. The summed E-state index contributed by atoms with van der Waals surface area (Å²) in [5.41, 5.74) is 0.931. The Morgan fingerprint density at radius 2 is 1.51 bits per heavy atom. The molecule has 2 saturated heterocycles. The van der Waals surface area contributed by atoms with Crippen LogP contribution in [0.4, 0.5) is 45.6 Å². The van der Waals surface area contributed by atoms with E-state index in [1.54, 1.807) is 4.90 Å². The van der Waals surface area contributed by atoms with E-state index < -0.39 is 42.9 Å². The van der Waals surface area contributed by atoms with Gasteiger partial charge in [-0.05, 0) is 24.5 Å². The van der Waals surface area contributed by atoms with Crippen LogP contribution >= 0.6 is 0 Å². The largest absolute Gasteiger partial charge is 0.481 e. The summed E-state index contributed by atoms with van der Waals surface area (Å²) >= 11 is 0. The minimum Gasteiger partial charge on any atom is -0.481 e. The van der Waals surface area contributed by atoms with Crippen LogP contribution in [0, 0.1) is 5.92 Å². The van der Waals surface area contributed by atoms with E-state index in [-0.39, 0.29) is 38.3 Å². The van der Waals surface area contributed by atoms with Crippen molar-refractivity contribution in [1.82, 2.24) is 9.80 Å². The fourth-order valence-electron chi connectivity index (χ4n) is 4.34. The summed E-state index contributed by atoms with van der Waals surface area (Å²) in [4.78, 5) is 27.5. The highest BCUT2D eigenvalue weighted by molar-refractivity contribution is 5.70. The molecule has 0 aromatic heterocycles. The van der Waals surface area contributed by atoms with Gasteiger partial charge in [-0.15, -0.1) is 0 Å². The van der Waals surface area contributed by atoms with Gasteiger partial charge in [-0.2, -0.15) is 26.3 Å². The number of aliphatic carboxylic acids is 1. The van der Waals surface area contributed by atoms with Crippen molar-refractivity contribution in [2.24, 2.45) is 5.92 Å². The smallest absolute Gasteiger partial charge is 0.434 e. The number of piperazine rings is 1. The first kappa shape index (κ1) is 28.7. The van der Waals surface area contributed by atoms with E-state index in [4.69, 9.17) is 0 Å². The van der Waals surface area contributed by atoms with Gasteiger partial charge in [0.05, 0.1) is 5.92 Å². The third-order valence-corrected chi connectivity index (χ3v) is 6.38. The summed E-state index contributed by atoms with van der Waals surface area (Å²) in [6.07, 6.45) is -19.6. The molecule has 0 spiro atoms. The lowest BCUT2D eigenvalue weighted by Gasteiger charge is -2.37. The Kier molecular flexibility index (Phi) is 8.75. The van der Waals surface area contributed by atoms with Crippen molar-refractivity contribution in [3.63, 3.8) is 0 Å². The van der Waals surface area contributed by atoms with Gasteiger partial charge >= 0.3 is 24.4 Å². The van der Waals surface area contributed by atoms with Crippen molar-refractivity contribution >= 4 is 17.7 Å². The number of ether oxygens (including phenoxy) is 1. The summed E-state index contributed by atoms with van der Waals surface area (Å²) in [5, 5.41) is 9.20. The first-order valence-electron chi connectivity index (χ1n) is 11.4. The van der Waals surface area contributed by atoms with Gasteiger partial charge in [0.1, 0.15) is 0 Å². The zero-order valence-corrected chi connectivity index (χ0v) is 19.4. The van der Waals surface area contributed by atoms with Gasteiger partial charge in [-0.3, -0.25) is 9.69 Å². The molecule has 208 valence electrons. The average molecular weight is 547 g/mol. The highest BCUT2D eigenvalue weighted by Crippen LogP contribution is 2.36. The number of carboxylic acid groups (broad SMARTS) is 1. The standard InChI is InChI=1S/C22H25F8N3O4/c23-17(24)14-1-2-15(16(11-14)32-5-3-13(4-6-32)18(34)35)12-31-7-9-33(10-8-31)20(36)37-19(21(25,26)27)22(28,29)30/h1-2,11,13,17,19H,3-10,12H2,(H,34,35). The molecule has 0 aliphatic carbocycles. The topological polar surface area (TPSA) is 73.3 Å². The van der Waals surface area contributed by atoms with Crippen LogP contribution in [0.3, 0.4) is 0 Å². The molecule has 1 aromatic rings. The summed E-state index contributed by atoms with van der Waals surface area (Å²) in [5.74, 6) is -1.45. The molecule has 7 nitrogen and oxygen atoms in total. The zero-order valence-electron chi connectivity index (χ0n) is 19.4. The molecule has 0 radical (unpaired) electrons. The molecule has 2 fully saturated rings. The SMILES string of the molecule is O=C(O)C1CCN(c2cc(C(F)F)ccc2CN2CCN(C(=O)OC(C(F)(F)F)C(F)(F)F)CC2)CC1.